The van der Waals surface area contributed by atoms with E-state index < -0.39 is 0 Å². The number of nitrogens with two attached hydrogens (primary N) is 1. The molecule has 10 heavy (non-hydrogen) atoms. The molecule has 62 valence electrons. The highest BCUT2D eigenvalue weighted by Gasteiger charge is 1.95. The van der Waals surface area contributed by atoms with Gasteiger partial charge in [0.25, 0.3) is 0 Å². The minimum atomic E-state index is -0.262. The maximum atomic E-state index is 8.18. The summed E-state index contributed by atoms with van der Waals surface area (Å²) in [6.07, 6.45) is 2.81. The van der Waals surface area contributed by atoms with Gasteiger partial charge in [0.2, 0.25) is 0 Å². The Morgan fingerprint density at radius 3 is 2.50 bits per heavy atom. The van der Waals surface area contributed by atoms with E-state index >= 15 is 0 Å². The van der Waals surface area contributed by atoms with Gasteiger partial charge in [0.15, 0.2) is 0 Å². The fraction of sp³-hybridized carbons (Fsp3) is 0.857. The first-order valence-corrected chi connectivity index (χ1v) is 4.84. The Balaban J connectivity index is -0.000000196. The summed E-state index contributed by atoms with van der Waals surface area (Å²) in [6.45, 7) is 4.00. The molecule has 0 aliphatic carbocycles. The van der Waals surface area contributed by atoms with E-state index in [-0.39, 0.29) is 7.47 Å². The Bertz CT molecular complexity index is 92.9. The van der Waals surface area contributed by atoms with Crippen LogP contribution in [-0.4, -0.2) is 18.1 Å². The van der Waals surface area contributed by atoms with Crippen LogP contribution in [0.25, 0.3) is 0 Å². The van der Waals surface area contributed by atoms with E-state index in [1.165, 1.54) is 0 Å². The number of rotatable bonds is 3. The number of hydrogen-bond donors (Lipinski definition) is 1. The first-order chi connectivity index (χ1) is 4.81. The number of hydrogen-bond acceptors (Lipinski definition) is 3. The summed E-state index contributed by atoms with van der Waals surface area (Å²) in [7, 11) is 0. The topological polar surface area (TPSA) is 49.8 Å². The van der Waals surface area contributed by atoms with Gasteiger partial charge in [-0.3, -0.25) is 0 Å². The van der Waals surface area contributed by atoms with Crippen molar-refractivity contribution >= 4 is 11.8 Å². The molecule has 0 fully saturated rings. The van der Waals surface area contributed by atoms with Crippen LogP contribution in [0.1, 0.15) is 21.7 Å². The highest BCUT2D eigenvalue weighted by molar-refractivity contribution is 7.98. The van der Waals surface area contributed by atoms with Crippen molar-refractivity contribution in [2.24, 2.45) is 5.73 Å². The molecule has 0 saturated heterocycles. The molecule has 0 aromatic carbocycles. The first kappa shape index (κ1) is 12.5. The van der Waals surface area contributed by atoms with E-state index in [4.69, 9.17) is 11.0 Å². The van der Waals surface area contributed by atoms with Crippen LogP contribution in [0, 0.1) is 11.3 Å². The Labute approximate surface area is 69.3 Å². The smallest absolute Gasteiger partial charge is 0.0935 e. The standard InChI is InChI=1S/C5H10N2S.C2H6.H2/c1-8-3-2-5(7)4-6;1-2;/h5H,2-3,7H2,1H3;1-2H3;1H. The van der Waals surface area contributed by atoms with Crippen LogP contribution in [0.4, 0.5) is 0 Å². The molecule has 0 bridgehead atoms. The Kier molecular flexibility index (Phi) is 14.4. The van der Waals surface area contributed by atoms with Crippen LogP contribution in [0.15, 0.2) is 0 Å². The lowest BCUT2D eigenvalue weighted by molar-refractivity contribution is 0.804. The molecule has 3 heteroatoms. The lowest BCUT2D eigenvalue weighted by Gasteiger charge is -1.96. The largest absolute Gasteiger partial charge is 0.316 e. The second-order valence-corrected chi connectivity index (χ2v) is 2.50. The van der Waals surface area contributed by atoms with Crippen molar-refractivity contribution < 1.29 is 1.43 Å². The number of nitrogens with zero attached hydrogens (tertiary/aromatic N) is 1. The van der Waals surface area contributed by atoms with E-state index in [2.05, 4.69) is 0 Å². The summed E-state index contributed by atoms with van der Waals surface area (Å²) in [5.41, 5.74) is 5.28. The maximum absolute atomic E-state index is 8.18. The summed E-state index contributed by atoms with van der Waals surface area (Å²) in [4.78, 5) is 0. The molecule has 0 amide bonds. The fourth-order valence-corrected chi connectivity index (χ4v) is 0.799. The summed E-state index contributed by atoms with van der Waals surface area (Å²) < 4.78 is 0. The van der Waals surface area contributed by atoms with Gasteiger partial charge < -0.3 is 5.73 Å². The van der Waals surface area contributed by atoms with Crippen molar-refractivity contribution in [2.75, 3.05) is 12.0 Å². The van der Waals surface area contributed by atoms with Crippen LogP contribution in [0.5, 0.6) is 0 Å². The molecule has 0 aliphatic rings. The van der Waals surface area contributed by atoms with Crippen LogP contribution in [0.3, 0.4) is 0 Å². The zero-order valence-corrected chi connectivity index (χ0v) is 7.74. The van der Waals surface area contributed by atoms with Gasteiger partial charge >= 0.3 is 0 Å². The van der Waals surface area contributed by atoms with E-state index in [1.807, 2.05) is 26.2 Å². The highest BCUT2D eigenvalue weighted by atomic mass is 32.2. The molecule has 2 nitrogen and oxygen atoms in total. The predicted molar refractivity (Wildman–Crippen MR) is 50.0 cm³/mol. The first-order valence-electron chi connectivity index (χ1n) is 3.45. The van der Waals surface area contributed by atoms with Gasteiger partial charge in [0.05, 0.1) is 12.1 Å². The lowest BCUT2D eigenvalue weighted by Crippen LogP contribution is -2.17. The van der Waals surface area contributed by atoms with Gasteiger partial charge in [0, 0.05) is 1.43 Å². The molecule has 1 unspecified atom stereocenters. The Morgan fingerprint density at radius 1 is 1.70 bits per heavy atom. The second-order valence-electron chi connectivity index (χ2n) is 1.52. The highest BCUT2D eigenvalue weighted by Crippen LogP contribution is 1.96. The molecule has 0 aliphatic heterocycles. The van der Waals surface area contributed by atoms with Gasteiger partial charge in [-0.15, -0.1) is 0 Å². The Hall–Kier alpha value is -0.200. The van der Waals surface area contributed by atoms with Crippen molar-refractivity contribution in [3.63, 3.8) is 0 Å². The van der Waals surface area contributed by atoms with Crippen molar-refractivity contribution in [3.8, 4) is 6.07 Å². The molecule has 2 N–H and O–H groups in total. The molecule has 0 saturated carbocycles. The van der Waals surface area contributed by atoms with E-state index in [0.29, 0.717) is 0 Å². The maximum Gasteiger partial charge on any atom is 0.0935 e. The third kappa shape index (κ3) is 10.7. The minimum absolute atomic E-state index is 0. The molecule has 0 aromatic rings. The summed E-state index contributed by atoms with van der Waals surface area (Å²) in [6, 6.07) is 1.70. The Morgan fingerprint density at radius 2 is 2.20 bits per heavy atom. The molecule has 0 spiro atoms. The van der Waals surface area contributed by atoms with E-state index in [9.17, 15) is 0 Å². The zero-order chi connectivity index (χ0) is 8.41. The summed E-state index contributed by atoms with van der Waals surface area (Å²) >= 11 is 1.71. The number of nitriles is 1. The molecule has 0 heterocycles. The van der Waals surface area contributed by atoms with Crippen LogP contribution in [0.2, 0.25) is 0 Å². The fourth-order valence-electron chi connectivity index (χ4n) is 0.309. The van der Waals surface area contributed by atoms with E-state index in [1.54, 1.807) is 11.8 Å². The average Bonchev–Trinajstić information content (AvgIpc) is 2.04. The third-order valence-corrected chi connectivity index (χ3v) is 1.44. The number of thioether (sulfide) groups is 1. The van der Waals surface area contributed by atoms with Crippen molar-refractivity contribution in [1.82, 2.24) is 0 Å². The van der Waals surface area contributed by atoms with Gasteiger partial charge in [-0.1, -0.05) is 13.8 Å². The quantitative estimate of drug-likeness (QED) is 0.689. The van der Waals surface area contributed by atoms with Gasteiger partial charge in [-0.05, 0) is 18.4 Å². The van der Waals surface area contributed by atoms with Crippen LogP contribution in [-0.2, 0) is 0 Å². The molecule has 0 radical (unpaired) electrons. The van der Waals surface area contributed by atoms with Crippen LogP contribution < -0.4 is 5.73 Å². The van der Waals surface area contributed by atoms with Crippen molar-refractivity contribution in [2.45, 2.75) is 26.3 Å². The summed E-state index contributed by atoms with van der Waals surface area (Å²) in [5.74, 6) is 0.981. The minimum Gasteiger partial charge on any atom is -0.316 e. The predicted octanol–water partition coefficient (Wildman–Crippen LogP) is 1.86. The normalized spacial score (nSPS) is 10.7. The van der Waals surface area contributed by atoms with Crippen molar-refractivity contribution in [3.05, 3.63) is 0 Å². The molecular formula is C7H18N2S. The van der Waals surface area contributed by atoms with Gasteiger partial charge in [0.1, 0.15) is 0 Å². The molecular weight excluding hydrogens is 144 g/mol. The van der Waals surface area contributed by atoms with Crippen LogP contribution >= 0.6 is 11.8 Å². The van der Waals surface area contributed by atoms with Gasteiger partial charge in [-0.25, -0.2) is 0 Å². The zero-order valence-electron chi connectivity index (χ0n) is 6.92. The van der Waals surface area contributed by atoms with Crippen molar-refractivity contribution in [1.29, 1.82) is 5.26 Å². The average molecular weight is 162 g/mol. The van der Waals surface area contributed by atoms with Gasteiger partial charge in [-0.2, -0.15) is 17.0 Å². The summed E-state index contributed by atoms with van der Waals surface area (Å²) in [5, 5.41) is 8.18. The monoisotopic (exact) mass is 162 g/mol. The third-order valence-electron chi connectivity index (χ3n) is 0.799. The molecule has 1 atom stereocenters. The lowest BCUT2D eigenvalue weighted by atomic mass is 10.3. The van der Waals surface area contributed by atoms with E-state index in [0.717, 1.165) is 12.2 Å². The second kappa shape index (κ2) is 11.6. The molecule has 0 aromatic heterocycles. The SMILES string of the molecule is CC.CSCCC(N)C#N.[HH]. The molecule has 0 rings (SSSR count).